The van der Waals surface area contributed by atoms with Crippen molar-refractivity contribution >= 4 is 18.0 Å². The average Bonchev–Trinajstić information content (AvgIpc) is 3.08. The van der Waals surface area contributed by atoms with Crippen LogP contribution in [0.25, 0.3) is 11.1 Å². The number of benzene rings is 2. The predicted molar refractivity (Wildman–Crippen MR) is 121 cm³/mol. The maximum Gasteiger partial charge on any atom is 0.407 e. The predicted octanol–water partition coefficient (Wildman–Crippen LogP) is 3.92. The first-order valence-corrected chi connectivity index (χ1v) is 10.8. The Kier molecular flexibility index (Phi) is 7.18. The molecule has 3 rings (SSSR count). The van der Waals surface area contributed by atoms with Crippen LogP contribution in [0.15, 0.2) is 48.5 Å². The van der Waals surface area contributed by atoms with E-state index >= 15 is 0 Å². The molecule has 1 unspecified atom stereocenters. The maximum atomic E-state index is 12.4. The van der Waals surface area contributed by atoms with Gasteiger partial charge in [0, 0.05) is 18.9 Å². The monoisotopic (exact) mass is 438 g/mol. The van der Waals surface area contributed by atoms with E-state index in [0.29, 0.717) is 6.42 Å². The molecule has 7 heteroatoms. The fraction of sp³-hybridized carbons (Fsp3) is 0.400. The van der Waals surface area contributed by atoms with E-state index in [2.05, 4.69) is 34.9 Å². The Morgan fingerprint density at radius 3 is 2.12 bits per heavy atom. The van der Waals surface area contributed by atoms with Crippen molar-refractivity contribution in [1.29, 1.82) is 0 Å². The Morgan fingerprint density at radius 1 is 1.03 bits per heavy atom. The minimum Gasteiger partial charge on any atom is -0.480 e. The average molecular weight is 439 g/mol. The first kappa shape index (κ1) is 23.3. The topological polar surface area (TPSA) is 105 Å². The van der Waals surface area contributed by atoms with Gasteiger partial charge in [0.25, 0.3) is 0 Å². The third-order valence-corrected chi connectivity index (χ3v) is 5.74. The van der Waals surface area contributed by atoms with E-state index < -0.39 is 23.5 Å². The highest BCUT2D eigenvalue weighted by molar-refractivity contribution is 5.84. The summed E-state index contributed by atoms with van der Waals surface area (Å²) in [5, 5.41) is 14.3. The van der Waals surface area contributed by atoms with E-state index in [0.717, 1.165) is 22.3 Å². The normalized spacial score (nSPS) is 13.6. The highest BCUT2D eigenvalue weighted by atomic mass is 16.5. The second-order valence-electron chi connectivity index (χ2n) is 8.89. The van der Waals surface area contributed by atoms with Crippen LogP contribution in [0.1, 0.15) is 50.7 Å². The van der Waals surface area contributed by atoms with Gasteiger partial charge in [-0.3, -0.25) is 4.79 Å². The van der Waals surface area contributed by atoms with Crippen molar-refractivity contribution in [2.24, 2.45) is 5.41 Å². The number of carboxylic acid groups (broad SMARTS) is 1. The number of alkyl carbamates (subject to hydrolysis) is 1. The molecule has 2 amide bonds. The number of nitrogens with one attached hydrogen (secondary N) is 2. The molecule has 0 aromatic heterocycles. The number of ether oxygens (including phenoxy) is 1. The van der Waals surface area contributed by atoms with Crippen molar-refractivity contribution in [3.63, 3.8) is 0 Å². The number of carbonyl (C=O) groups is 3. The Labute approximate surface area is 188 Å². The second-order valence-corrected chi connectivity index (χ2v) is 8.89. The number of fused-ring (bicyclic) bond motifs is 3. The lowest BCUT2D eigenvalue weighted by atomic mass is 9.89. The van der Waals surface area contributed by atoms with Crippen molar-refractivity contribution < 1.29 is 24.2 Å². The Bertz CT molecular complexity index is 956. The zero-order valence-electron chi connectivity index (χ0n) is 18.7. The molecule has 170 valence electrons. The fourth-order valence-electron chi connectivity index (χ4n) is 4.04. The van der Waals surface area contributed by atoms with E-state index in [1.807, 2.05) is 38.1 Å². The number of hydrogen-bond acceptors (Lipinski definition) is 4. The quantitative estimate of drug-likeness (QED) is 0.550. The van der Waals surface area contributed by atoms with Crippen LogP contribution in [0.2, 0.25) is 0 Å². The van der Waals surface area contributed by atoms with Gasteiger partial charge in [-0.1, -0.05) is 69.3 Å². The van der Waals surface area contributed by atoms with Gasteiger partial charge in [0.05, 0.1) is 0 Å². The number of hydrogen-bond donors (Lipinski definition) is 3. The van der Waals surface area contributed by atoms with Crippen molar-refractivity contribution in [3.05, 3.63) is 59.7 Å². The van der Waals surface area contributed by atoms with Gasteiger partial charge in [-0.05, 0) is 34.1 Å². The zero-order chi connectivity index (χ0) is 23.3. The summed E-state index contributed by atoms with van der Waals surface area (Å²) in [6.45, 7) is 5.80. The van der Waals surface area contributed by atoms with Crippen LogP contribution < -0.4 is 10.6 Å². The van der Waals surface area contributed by atoms with Crippen LogP contribution in [-0.4, -0.2) is 42.3 Å². The molecule has 2 aromatic carbocycles. The molecule has 2 aromatic rings. The molecular weight excluding hydrogens is 408 g/mol. The maximum absolute atomic E-state index is 12.4. The van der Waals surface area contributed by atoms with Gasteiger partial charge in [-0.25, -0.2) is 9.59 Å². The molecule has 1 aliphatic rings. The molecule has 0 bridgehead atoms. The van der Waals surface area contributed by atoms with Gasteiger partial charge in [0.15, 0.2) is 0 Å². The summed E-state index contributed by atoms with van der Waals surface area (Å²) >= 11 is 0. The van der Waals surface area contributed by atoms with Gasteiger partial charge in [-0.2, -0.15) is 0 Å². The summed E-state index contributed by atoms with van der Waals surface area (Å²) in [7, 11) is 0. The lowest BCUT2D eigenvalue weighted by molar-refractivity contribution is -0.142. The molecule has 0 fully saturated rings. The smallest absolute Gasteiger partial charge is 0.407 e. The number of aliphatic carboxylic acids is 1. The van der Waals surface area contributed by atoms with Crippen LogP contribution in [0.3, 0.4) is 0 Å². The summed E-state index contributed by atoms with van der Waals surface area (Å²) in [5.74, 6) is -1.44. The SMILES string of the molecule is CCC(NC(=O)CC(C)(C)CNC(=O)OCC1c2ccccc2-c2ccccc21)C(=O)O. The lowest BCUT2D eigenvalue weighted by Gasteiger charge is -2.25. The number of carbonyl (C=O) groups excluding carboxylic acids is 2. The minimum atomic E-state index is -1.06. The van der Waals surface area contributed by atoms with Crippen LogP contribution in [-0.2, 0) is 14.3 Å². The van der Waals surface area contributed by atoms with Crippen molar-refractivity contribution in [1.82, 2.24) is 10.6 Å². The summed E-state index contributed by atoms with van der Waals surface area (Å²) < 4.78 is 5.53. The highest BCUT2D eigenvalue weighted by Crippen LogP contribution is 2.44. The summed E-state index contributed by atoms with van der Waals surface area (Å²) in [5.41, 5.74) is 4.05. The van der Waals surface area contributed by atoms with Gasteiger partial charge >= 0.3 is 12.1 Å². The lowest BCUT2D eigenvalue weighted by Crippen LogP contribution is -2.43. The second kappa shape index (κ2) is 9.85. The van der Waals surface area contributed by atoms with E-state index in [-0.39, 0.29) is 31.4 Å². The Hall–Kier alpha value is -3.35. The molecule has 7 nitrogen and oxygen atoms in total. The van der Waals surface area contributed by atoms with Gasteiger partial charge < -0.3 is 20.5 Å². The van der Waals surface area contributed by atoms with Crippen LogP contribution in [0.4, 0.5) is 4.79 Å². The van der Waals surface area contributed by atoms with Gasteiger partial charge in [-0.15, -0.1) is 0 Å². The molecule has 0 heterocycles. The molecule has 0 spiro atoms. The number of rotatable bonds is 9. The fourth-order valence-corrected chi connectivity index (χ4v) is 4.04. The van der Waals surface area contributed by atoms with E-state index in [9.17, 15) is 14.4 Å². The number of amides is 2. The Balaban J connectivity index is 1.52. The molecule has 3 N–H and O–H groups in total. The third kappa shape index (κ3) is 5.46. The van der Waals surface area contributed by atoms with Crippen LogP contribution >= 0.6 is 0 Å². The molecule has 1 atom stereocenters. The van der Waals surface area contributed by atoms with Crippen LogP contribution in [0, 0.1) is 5.41 Å². The molecule has 0 aliphatic heterocycles. The first-order chi connectivity index (χ1) is 15.2. The van der Waals surface area contributed by atoms with E-state index in [1.54, 1.807) is 6.92 Å². The van der Waals surface area contributed by atoms with Crippen molar-refractivity contribution in [3.8, 4) is 11.1 Å². The zero-order valence-corrected chi connectivity index (χ0v) is 18.7. The molecule has 1 aliphatic carbocycles. The molecule has 0 saturated heterocycles. The van der Waals surface area contributed by atoms with Crippen molar-refractivity contribution in [2.75, 3.05) is 13.2 Å². The third-order valence-electron chi connectivity index (χ3n) is 5.74. The van der Waals surface area contributed by atoms with Crippen molar-refractivity contribution in [2.45, 2.75) is 45.6 Å². The van der Waals surface area contributed by atoms with E-state index in [4.69, 9.17) is 9.84 Å². The van der Waals surface area contributed by atoms with Crippen LogP contribution in [0.5, 0.6) is 0 Å². The molecular formula is C25H30N2O5. The summed E-state index contributed by atoms with van der Waals surface area (Å²) in [4.78, 5) is 35.6. The summed E-state index contributed by atoms with van der Waals surface area (Å²) in [6, 6.07) is 15.3. The highest BCUT2D eigenvalue weighted by Gasteiger charge is 2.30. The Morgan fingerprint density at radius 2 is 1.59 bits per heavy atom. The van der Waals surface area contributed by atoms with Gasteiger partial charge in [0.1, 0.15) is 12.6 Å². The standard InChI is InChI=1S/C25H30N2O5/c1-4-21(23(29)30)27-22(28)13-25(2,3)15-26-24(31)32-14-20-18-11-7-5-9-16(18)17-10-6-8-12-19(17)20/h5-12,20-21H,4,13-15H2,1-3H3,(H,26,31)(H,27,28)(H,29,30). The van der Waals surface area contributed by atoms with Gasteiger partial charge in [0.2, 0.25) is 5.91 Å². The molecule has 32 heavy (non-hydrogen) atoms. The summed E-state index contributed by atoms with van der Waals surface area (Å²) in [6.07, 6.45) is -0.155. The molecule has 0 saturated carbocycles. The van der Waals surface area contributed by atoms with E-state index in [1.165, 1.54) is 0 Å². The molecule has 0 radical (unpaired) electrons. The first-order valence-electron chi connectivity index (χ1n) is 10.8. The largest absolute Gasteiger partial charge is 0.480 e. The minimum absolute atomic E-state index is 0.0195. The number of carboxylic acids is 1.